The van der Waals surface area contributed by atoms with E-state index >= 15 is 0 Å². The van der Waals surface area contributed by atoms with E-state index in [2.05, 4.69) is 4.99 Å². The molecular weight excluding hydrogens is 504 g/mol. The largest absolute Gasteiger partial charge is 0.494 e. The molecule has 1 aliphatic rings. The van der Waals surface area contributed by atoms with Gasteiger partial charge in [0.2, 0.25) is 0 Å². The van der Waals surface area contributed by atoms with Crippen LogP contribution in [0.2, 0.25) is 0 Å². The number of aromatic nitrogens is 1. The van der Waals surface area contributed by atoms with Gasteiger partial charge in [-0.25, -0.2) is 9.79 Å². The van der Waals surface area contributed by atoms with Crippen LogP contribution in [-0.4, -0.2) is 37.5 Å². The van der Waals surface area contributed by atoms with E-state index in [9.17, 15) is 9.59 Å². The second-order valence-electron chi connectivity index (χ2n) is 9.07. The molecule has 0 saturated heterocycles. The molecule has 0 bridgehead atoms. The zero-order chi connectivity index (χ0) is 27.4. The van der Waals surface area contributed by atoms with Crippen LogP contribution in [0.25, 0.3) is 6.08 Å². The molecule has 200 valence electrons. The van der Waals surface area contributed by atoms with E-state index in [0.29, 0.717) is 38.7 Å². The minimum Gasteiger partial charge on any atom is -0.494 e. The number of carbonyl (C=O) groups excluding carboxylic acids is 1. The fraction of sp³-hybridized carbons (Fsp3) is 0.345. The minimum absolute atomic E-state index is 0.248. The standard InChI is InChI=1S/C29H32N2O6S/c1-7-14-36-21-11-9-20(10-12-21)26-25(28(33)37-17(2)3)18(4)30-29-31(26)27(32)24(38-29)16-19-8-13-22(34-5)23(15-19)35-6/h8-13,15-17,26H,7,14H2,1-6H3/b24-16-. The summed E-state index contributed by atoms with van der Waals surface area (Å²) in [4.78, 5) is 32.2. The molecule has 0 radical (unpaired) electrons. The summed E-state index contributed by atoms with van der Waals surface area (Å²) >= 11 is 1.27. The molecule has 2 aromatic carbocycles. The molecule has 1 aromatic heterocycles. The van der Waals surface area contributed by atoms with Crippen LogP contribution in [0.5, 0.6) is 17.2 Å². The van der Waals surface area contributed by atoms with Gasteiger partial charge in [0.1, 0.15) is 5.75 Å². The highest BCUT2D eigenvalue weighted by Crippen LogP contribution is 2.32. The van der Waals surface area contributed by atoms with Gasteiger partial charge in [0.05, 0.1) is 48.8 Å². The van der Waals surface area contributed by atoms with Gasteiger partial charge in [0, 0.05) is 0 Å². The third kappa shape index (κ3) is 5.52. The molecule has 1 atom stereocenters. The molecule has 1 aliphatic heterocycles. The van der Waals surface area contributed by atoms with Gasteiger partial charge >= 0.3 is 5.97 Å². The summed E-state index contributed by atoms with van der Waals surface area (Å²) in [6.07, 6.45) is 2.37. The lowest BCUT2D eigenvalue weighted by molar-refractivity contribution is -0.143. The van der Waals surface area contributed by atoms with Crippen molar-refractivity contribution in [2.24, 2.45) is 4.99 Å². The normalized spacial score (nSPS) is 15.2. The molecule has 38 heavy (non-hydrogen) atoms. The van der Waals surface area contributed by atoms with Crippen LogP contribution in [0, 0.1) is 0 Å². The Morgan fingerprint density at radius 1 is 1.11 bits per heavy atom. The molecule has 0 fully saturated rings. The number of allylic oxidation sites excluding steroid dienone is 1. The van der Waals surface area contributed by atoms with Crippen molar-refractivity contribution in [3.63, 3.8) is 0 Å². The average Bonchev–Trinajstić information content (AvgIpc) is 3.20. The number of esters is 1. The van der Waals surface area contributed by atoms with E-state index in [1.807, 2.05) is 37.3 Å². The summed E-state index contributed by atoms with van der Waals surface area (Å²) in [6, 6.07) is 12.2. The predicted molar refractivity (Wildman–Crippen MR) is 147 cm³/mol. The number of nitrogens with zero attached hydrogens (tertiary/aromatic N) is 2. The van der Waals surface area contributed by atoms with Crippen LogP contribution >= 0.6 is 11.3 Å². The first-order valence-electron chi connectivity index (χ1n) is 12.5. The van der Waals surface area contributed by atoms with Gasteiger partial charge in [0.25, 0.3) is 5.56 Å². The van der Waals surface area contributed by atoms with Gasteiger partial charge in [-0.15, -0.1) is 0 Å². The number of carbonyl (C=O) groups is 1. The molecule has 9 heteroatoms. The molecule has 0 N–H and O–H groups in total. The van der Waals surface area contributed by atoms with E-state index in [1.165, 1.54) is 11.3 Å². The van der Waals surface area contributed by atoms with E-state index in [1.54, 1.807) is 57.8 Å². The predicted octanol–water partition coefficient (Wildman–Crippen LogP) is 3.99. The van der Waals surface area contributed by atoms with Gasteiger partial charge < -0.3 is 18.9 Å². The number of hydrogen-bond acceptors (Lipinski definition) is 8. The van der Waals surface area contributed by atoms with Crippen LogP contribution in [0.4, 0.5) is 0 Å². The minimum atomic E-state index is -0.690. The van der Waals surface area contributed by atoms with Gasteiger partial charge in [-0.3, -0.25) is 9.36 Å². The van der Waals surface area contributed by atoms with Crippen LogP contribution < -0.4 is 29.1 Å². The first kappa shape index (κ1) is 27.2. The zero-order valence-corrected chi connectivity index (χ0v) is 23.3. The summed E-state index contributed by atoms with van der Waals surface area (Å²) in [6.45, 7) is 8.01. The van der Waals surface area contributed by atoms with Crippen molar-refractivity contribution in [2.45, 2.75) is 46.3 Å². The number of ether oxygens (including phenoxy) is 4. The zero-order valence-electron chi connectivity index (χ0n) is 22.4. The second kappa shape index (κ2) is 11.7. The maximum absolute atomic E-state index is 13.8. The molecule has 0 spiro atoms. The summed E-state index contributed by atoms with van der Waals surface area (Å²) in [5.74, 6) is 1.39. The van der Waals surface area contributed by atoms with Crippen molar-refractivity contribution < 1.29 is 23.7 Å². The van der Waals surface area contributed by atoms with Crippen molar-refractivity contribution in [3.05, 3.63) is 84.5 Å². The van der Waals surface area contributed by atoms with E-state index in [4.69, 9.17) is 18.9 Å². The summed E-state index contributed by atoms with van der Waals surface area (Å²) in [5.41, 5.74) is 2.15. The van der Waals surface area contributed by atoms with Crippen LogP contribution in [0.15, 0.2) is 63.5 Å². The Labute approximate surface area is 225 Å². The second-order valence-corrected chi connectivity index (χ2v) is 10.1. The molecule has 3 aromatic rings. The van der Waals surface area contributed by atoms with Crippen molar-refractivity contribution in [1.82, 2.24) is 4.57 Å². The topological polar surface area (TPSA) is 88.4 Å². The Bertz CT molecular complexity index is 1530. The Morgan fingerprint density at radius 3 is 2.45 bits per heavy atom. The number of hydrogen-bond donors (Lipinski definition) is 0. The molecule has 0 aliphatic carbocycles. The van der Waals surface area contributed by atoms with E-state index in [0.717, 1.165) is 23.3 Å². The monoisotopic (exact) mass is 536 g/mol. The third-order valence-corrected chi connectivity index (χ3v) is 6.94. The molecule has 0 saturated carbocycles. The lowest BCUT2D eigenvalue weighted by Gasteiger charge is -2.25. The Morgan fingerprint density at radius 2 is 1.82 bits per heavy atom. The molecule has 2 heterocycles. The highest BCUT2D eigenvalue weighted by molar-refractivity contribution is 7.07. The number of fused-ring (bicyclic) bond motifs is 1. The van der Waals surface area contributed by atoms with Crippen LogP contribution in [0.3, 0.4) is 0 Å². The van der Waals surface area contributed by atoms with Crippen LogP contribution in [-0.2, 0) is 9.53 Å². The first-order chi connectivity index (χ1) is 18.3. The van der Waals surface area contributed by atoms with Crippen LogP contribution in [0.1, 0.15) is 51.3 Å². The fourth-order valence-electron chi connectivity index (χ4n) is 4.24. The highest BCUT2D eigenvalue weighted by Gasteiger charge is 2.33. The number of methoxy groups -OCH3 is 2. The van der Waals surface area contributed by atoms with Gasteiger partial charge in [-0.05, 0) is 68.7 Å². The highest BCUT2D eigenvalue weighted by atomic mass is 32.1. The Hall–Kier alpha value is -3.85. The van der Waals surface area contributed by atoms with Crippen molar-refractivity contribution in [3.8, 4) is 17.2 Å². The number of rotatable bonds is 9. The van der Waals surface area contributed by atoms with Crippen molar-refractivity contribution in [2.75, 3.05) is 20.8 Å². The summed E-state index contributed by atoms with van der Waals surface area (Å²) < 4.78 is 24.1. The fourth-order valence-corrected chi connectivity index (χ4v) is 5.28. The number of benzene rings is 2. The van der Waals surface area contributed by atoms with Gasteiger partial charge in [-0.2, -0.15) is 0 Å². The summed E-state index contributed by atoms with van der Waals surface area (Å²) in [7, 11) is 3.14. The lowest BCUT2D eigenvalue weighted by atomic mass is 9.96. The molecule has 8 nitrogen and oxygen atoms in total. The quantitative estimate of drug-likeness (QED) is 0.384. The molecule has 0 amide bonds. The van der Waals surface area contributed by atoms with Gasteiger partial charge in [0.15, 0.2) is 16.3 Å². The molecular formula is C29H32N2O6S. The smallest absolute Gasteiger partial charge is 0.338 e. The van der Waals surface area contributed by atoms with Gasteiger partial charge in [-0.1, -0.05) is 36.5 Å². The SMILES string of the molecule is CCCOc1ccc(C2C(C(=O)OC(C)C)=C(C)N=c3s/c(=C\c4ccc(OC)c(OC)c4)c(=O)n32)cc1. The van der Waals surface area contributed by atoms with E-state index in [-0.39, 0.29) is 11.7 Å². The van der Waals surface area contributed by atoms with Crippen molar-refractivity contribution >= 4 is 23.4 Å². The average molecular weight is 537 g/mol. The first-order valence-corrected chi connectivity index (χ1v) is 13.3. The number of thiazole rings is 1. The molecule has 1 unspecified atom stereocenters. The lowest BCUT2D eigenvalue weighted by Crippen LogP contribution is -2.40. The third-order valence-electron chi connectivity index (χ3n) is 5.96. The summed E-state index contributed by atoms with van der Waals surface area (Å²) in [5, 5.41) is 0. The van der Waals surface area contributed by atoms with Crippen molar-refractivity contribution in [1.29, 1.82) is 0 Å². The maximum Gasteiger partial charge on any atom is 0.338 e. The van der Waals surface area contributed by atoms with E-state index < -0.39 is 12.0 Å². The Balaban J connectivity index is 1.87. The Kier molecular flexibility index (Phi) is 8.36. The maximum atomic E-state index is 13.8. The molecule has 4 rings (SSSR count).